The second kappa shape index (κ2) is 7.64. The van der Waals surface area contributed by atoms with Crippen molar-refractivity contribution in [3.05, 3.63) is 57.0 Å². The van der Waals surface area contributed by atoms with E-state index in [0.717, 1.165) is 15.5 Å². The monoisotopic (exact) mass is 413 g/mol. The number of nitrogens with one attached hydrogen (secondary N) is 1. The highest BCUT2D eigenvalue weighted by atomic mass is 79.9. The molecule has 0 unspecified atom stereocenters. The minimum absolute atomic E-state index is 0.497. The lowest BCUT2D eigenvalue weighted by Gasteiger charge is -2.11. The first kappa shape index (κ1) is 16.1. The highest BCUT2D eigenvalue weighted by Gasteiger charge is 2.05. The first-order chi connectivity index (χ1) is 9.56. The molecule has 0 atom stereocenters. The molecule has 106 valence electrons. The number of halogens is 2. The van der Waals surface area contributed by atoms with E-state index < -0.39 is 0 Å². The molecular formula is C16H17Br2NS. The third kappa shape index (κ3) is 4.62. The van der Waals surface area contributed by atoms with Gasteiger partial charge in [0.1, 0.15) is 0 Å². The third-order valence-electron chi connectivity index (χ3n) is 2.79. The van der Waals surface area contributed by atoms with Gasteiger partial charge in [0.05, 0.1) is 0 Å². The highest BCUT2D eigenvalue weighted by Crippen LogP contribution is 2.35. The van der Waals surface area contributed by atoms with Gasteiger partial charge in [-0.1, -0.05) is 59.7 Å². The Morgan fingerprint density at radius 1 is 1.05 bits per heavy atom. The minimum atomic E-state index is 0.497. The molecule has 0 saturated carbocycles. The van der Waals surface area contributed by atoms with E-state index in [1.165, 1.54) is 15.4 Å². The Hall–Kier alpha value is -0.290. The molecule has 2 aromatic carbocycles. The maximum atomic E-state index is 3.66. The van der Waals surface area contributed by atoms with Crippen LogP contribution in [0.25, 0.3) is 0 Å². The minimum Gasteiger partial charge on any atom is -0.310 e. The van der Waals surface area contributed by atoms with Crippen molar-refractivity contribution in [3.63, 3.8) is 0 Å². The summed E-state index contributed by atoms with van der Waals surface area (Å²) in [5.74, 6) is 0. The van der Waals surface area contributed by atoms with Gasteiger partial charge < -0.3 is 5.32 Å². The van der Waals surface area contributed by atoms with E-state index in [0.29, 0.717) is 6.04 Å². The molecule has 1 nitrogen and oxygen atoms in total. The van der Waals surface area contributed by atoms with Gasteiger partial charge in [-0.15, -0.1) is 0 Å². The summed E-state index contributed by atoms with van der Waals surface area (Å²) in [7, 11) is 0. The molecule has 1 N–H and O–H groups in total. The Morgan fingerprint density at radius 3 is 2.45 bits per heavy atom. The van der Waals surface area contributed by atoms with Gasteiger partial charge in [0.15, 0.2) is 0 Å². The average Bonchev–Trinajstić information content (AvgIpc) is 2.40. The fourth-order valence-corrected chi connectivity index (χ4v) is 3.78. The zero-order valence-electron chi connectivity index (χ0n) is 11.5. The third-order valence-corrected chi connectivity index (χ3v) is 5.55. The van der Waals surface area contributed by atoms with Gasteiger partial charge in [0.2, 0.25) is 0 Å². The molecule has 0 amide bonds. The quantitative estimate of drug-likeness (QED) is 0.657. The first-order valence-corrected chi connectivity index (χ1v) is 8.90. The van der Waals surface area contributed by atoms with Crippen LogP contribution in [-0.4, -0.2) is 6.04 Å². The zero-order valence-corrected chi connectivity index (χ0v) is 15.5. The second-order valence-corrected chi connectivity index (χ2v) is 7.65. The molecule has 4 heteroatoms. The molecule has 2 aromatic rings. The van der Waals surface area contributed by atoms with Crippen LogP contribution in [0.4, 0.5) is 0 Å². The predicted octanol–water partition coefficient (Wildman–Crippen LogP) is 5.86. The maximum absolute atomic E-state index is 3.66. The SMILES string of the molecule is CC(C)NCc1ccc(Sc2ccccc2Br)cc1Br. The smallest absolute Gasteiger partial charge is 0.0314 e. The van der Waals surface area contributed by atoms with Crippen LogP contribution in [0.15, 0.2) is 61.2 Å². The van der Waals surface area contributed by atoms with Gasteiger partial charge in [-0.2, -0.15) is 0 Å². The molecule has 0 aromatic heterocycles. The fraction of sp³-hybridized carbons (Fsp3) is 0.250. The molecule has 0 fully saturated rings. The normalized spacial score (nSPS) is 11.1. The van der Waals surface area contributed by atoms with Crippen molar-refractivity contribution in [3.8, 4) is 0 Å². The van der Waals surface area contributed by atoms with Gasteiger partial charge in [-0.05, 0) is 45.8 Å². The number of hydrogen-bond acceptors (Lipinski definition) is 2. The Kier molecular flexibility index (Phi) is 6.15. The molecule has 0 aliphatic carbocycles. The van der Waals surface area contributed by atoms with E-state index in [1.54, 1.807) is 11.8 Å². The van der Waals surface area contributed by atoms with E-state index in [2.05, 4.69) is 87.4 Å². The molecule has 0 radical (unpaired) electrons. The van der Waals surface area contributed by atoms with Crippen molar-refractivity contribution >= 4 is 43.6 Å². The van der Waals surface area contributed by atoms with Crippen LogP contribution in [0.3, 0.4) is 0 Å². The first-order valence-electron chi connectivity index (χ1n) is 6.50. The molecule has 2 rings (SSSR count). The van der Waals surface area contributed by atoms with Crippen molar-refractivity contribution in [2.45, 2.75) is 36.2 Å². The van der Waals surface area contributed by atoms with Crippen LogP contribution in [-0.2, 0) is 6.54 Å². The molecule has 0 bridgehead atoms. The molecule has 0 spiro atoms. The molecular weight excluding hydrogens is 398 g/mol. The van der Waals surface area contributed by atoms with Crippen molar-refractivity contribution in [2.24, 2.45) is 0 Å². The standard InChI is InChI=1S/C16H17Br2NS/c1-11(2)19-10-12-7-8-13(9-15(12)18)20-16-6-4-3-5-14(16)17/h3-9,11,19H,10H2,1-2H3. The molecule has 20 heavy (non-hydrogen) atoms. The van der Waals surface area contributed by atoms with Crippen LogP contribution >= 0.6 is 43.6 Å². The zero-order chi connectivity index (χ0) is 14.5. The van der Waals surface area contributed by atoms with Crippen LogP contribution in [0, 0.1) is 0 Å². The second-order valence-electron chi connectivity index (χ2n) is 4.82. The predicted molar refractivity (Wildman–Crippen MR) is 94.4 cm³/mol. The van der Waals surface area contributed by atoms with Crippen LogP contribution in [0.2, 0.25) is 0 Å². The van der Waals surface area contributed by atoms with E-state index >= 15 is 0 Å². The molecule has 0 aliphatic rings. The van der Waals surface area contributed by atoms with Crippen molar-refractivity contribution in [1.29, 1.82) is 0 Å². The van der Waals surface area contributed by atoms with E-state index in [4.69, 9.17) is 0 Å². The van der Waals surface area contributed by atoms with Crippen LogP contribution in [0.1, 0.15) is 19.4 Å². The van der Waals surface area contributed by atoms with E-state index in [9.17, 15) is 0 Å². The summed E-state index contributed by atoms with van der Waals surface area (Å²) in [5.41, 5.74) is 1.29. The van der Waals surface area contributed by atoms with Crippen LogP contribution < -0.4 is 5.32 Å². The molecule has 0 aliphatic heterocycles. The Bertz CT molecular complexity index is 584. The van der Waals surface area contributed by atoms with Crippen molar-refractivity contribution < 1.29 is 0 Å². The van der Waals surface area contributed by atoms with E-state index in [-0.39, 0.29) is 0 Å². The summed E-state index contributed by atoms with van der Waals surface area (Å²) in [5, 5.41) is 3.44. The number of hydrogen-bond donors (Lipinski definition) is 1. The van der Waals surface area contributed by atoms with Gasteiger partial charge in [0.25, 0.3) is 0 Å². The summed E-state index contributed by atoms with van der Waals surface area (Å²) in [6, 6.07) is 15.3. The lowest BCUT2D eigenvalue weighted by molar-refractivity contribution is 0.587. The largest absolute Gasteiger partial charge is 0.310 e. The van der Waals surface area contributed by atoms with Gasteiger partial charge in [0, 0.05) is 31.3 Å². The Balaban J connectivity index is 2.11. The number of rotatable bonds is 5. The summed E-state index contributed by atoms with van der Waals surface area (Å²) in [6.45, 7) is 5.20. The fourth-order valence-electron chi connectivity index (χ4n) is 1.70. The molecule has 0 heterocycles. The van der Waals surface area contributed by atoms with Crippen LogP contribution in [0.5, 0.6) is 0 Å². The number of benzene rings is 2. The van der Waals surface area contributed by atoms with Crippen molar-refractivity contribution in [2.75, 3.05) is 0 Å². The summed E-state index contributed by atoms with van der Waals surface area (Å²) in [6.07, 6.45) is 0. The average molecular weight is 415 g/mol. The summed E-state index contributed by atoms with van der Waals surface area (Å²) >= 11 is 9.01. The van der Waals surface area contributed by atoms with Gasteiger partial charge in [-0.3, -0.25) is 0 Å². The lowest BCUT2D eigenvalue weighted by atomic mass is 10.2. The molecule has 0 saturated heterocycles. The van der Waals surface area contributed by atoms with Gasteiger partial charge >= 0.3 is 0 Å². The van der Waals surface area contributed by atoms with E-state index in [1.807, 2.05) is 6.07 Å². The Morgan fingerprint density at radius 2 is 1.80 bits per heavy atom. The highest BCUT2D eigenvalue weighted by molar-refractivity contribution is 9.10. The topological polar surface area (TPSA) is 12.0 Å². The maximum Gasteiger partial charge on any atom is 0.0314 e. The summed E-state index contributed by atoms with van der Waals surface area (Å²) in [4.78, 5) is 2.46. The summed E-state index contributed by atoms with van der Waals surface area (Å²) < 4.78 is 2.29. The van der Waals surface area contributed by atoms with Gasteiger partial charge in [-0.25, -0.2) is 0 Å². The lowest BCUT2D eigenvalue weighted by Crippen LogP contribution is -2.21. The van der Waals surface area contributed by atoms with Crippen molar-refractivity contribution in [1.82, 2.24) is 5.32 Å². The Labute approximate surface area is 141 Å².